The summed E-state index contributed by atoms with van der Waals surface area (Å²) in [4.78, 5) is 0. The van der Waals surface area contributed by atoms with Crippen LogP contribution in [0.25, 0.3) is 0 Å². The molecule has 0 saturated carbocycles. The lowest BCUT2D eigenvalue weighted by Gasteiger charge is -2.15. The predicted octanol–water partition coefficient (Wildman–Crippen LogP) is 1.84. The monoisotopic (exact) mass is 314 g/mol. The van der Waals surface area contributed by atoms with Crippen LogP contribution in [0.4, 0.5) is 8.78 Å². The first-order valence-electron chi connectivity index (χ1n) is 5.12. The van der Waals surface area contributed by atoms with Gasteiger partial charge in [0.25, 0.3) is 10.2 Å². The Bertz CT molecular complexity index is 538. The molecule has 0 atom stereocenters. The molecule has 0 aliphatic rings. The summed E-state index contributed by atoms with van der Waals surface area (Å²) in [5, 5.41) is 0.292. The smallest absolute Gasteiger partial charge is 0.387 e. The summed E-state index contributed by atoms with van der Waals surface area (Å²) < 4.78 is 54.9. The summed E-state index contributed by atoms with van der Waals surface area (Å²) in [5.74, 6) is -0.124. The molecule has 1 aromatic carbocycles. The van der Waals surface area contributed by atoms with Gasteiger partial charge in [-0.15, -0.1) is 0 Å². The number of alkyl halides is 2. The van der Waals surface area contributed by atoms with Crippen molar-refractivity contribution in [2.45, 2.75) is 13.2 Å². The lowest BCUT2D eigenvalue weighted by Crippen LogP contribution is -2.35. The zero-order valence-corrected chi connectivity index (χ0v) is 11.8. The van der Waals surface area contributed by atoms with Gasteiger partial charge >= 0.3 is 6.61 Å². The second-order valence-corrected chi connectivity index (χ2v) is 6.14. The minimum absolute atomic E-state index is 0.124. The molecule has 0 saturated heterocycles. The summed E-state index contributed by atoms with van der Waals surface area (Å²) in [6.45, 7) is -3.20. The predicted molar refractivity (Wildman–Crippen MR) is 67.5 cm³/mol. The third kappa shape index (κ3) is 4.90. The Labute approximate surface area is 115 Å². The molecule has 5 nitrogen and oxygen atoms in total. The van der Waals surface area contributed by atoms with Crippen molar-refractivity contribution in [3.63, 3.8) is 0 Å². The number of rotatable bonds is 6. The van der Waals surface area contributed by atoms with Gasteiger partial charge in [0.15, 0.2) is 0 Å². The van der Waals surface area contributed by atoms with Crippen LogP contribution in [-0.2, 0) is 16.8 Å². The fraction of sp³-hybridized carbons (Fsp3) is 0.400. The maximum absolute atomic E-state index is 12.2. The van der Waals surface area contributed by atoms with Crippen LogP contribution in [0.3, 0.4) is 0 Å². The summed E-state index contributed by atoms with van der Waals surface area (Å²) in [5.41, 5.74) is 0.221. The van der Waals surface area contributed by atoms with Crippen molar-refractivity contribution in [1.82, 2.24) is 9.03 Å². The van der Waals surface area contributed by atoms with Gasteiger partial charge in [0.05, 0.1) is 0 Å². The van der Waals surface area contributed by atoms with E-state index >= 15 is 0 Å². The molecule has 1 N–H and O–H groups in total. The molecule has 0 amide bonds. The van der Waals surface area contributed by atoms with Crippen LogP contribution in [0.15, 0.2) is 18.2 Å². The molecule has 0 spiro atoms. The normalized spacial score (nSPS) is 12.2. The SMILES string of the molecule is CN(C)S(=O)(=O)NCc1cc(Cl)ccc1OC(F)F. The van der Waals surface area contributed by atoms with E-state index in [2.05, 4.69) is 9.46 Å². The Morgan fingerprint density at radius 3 is 2.58 bits per heavy atom. The summed E-state index contributed by atoms with van der Waals surface area (Å²) >= 11 is 5.74. The molecular formula is C10H13ClF2N2O3S. The molecule has 0 heterocycles. The molecule has 0 aliphatic heterocycles. The number of nitrogens with one attached hydrogen (secondary N) is 1. The van der Waals surface area contributed by atoms with Crippen LogP contribution < -0.4 is 9.46 Å². The van der Waals surface area contributed by atoms with Gasteiger partial charge in [0.1, 0.15) is 5.75 Å². The summed E-state index contributed by atoms with van der Waals surface area (Å²) in [6.07, 6.45) is 0. The van der Waals surface area contributed by atoms with E-state index in [0.717, 1.165) is 4.31 Å². The molecule has 19 heavy (non-hydrogen) atoms. The topological polar surface area (TPSA) is 58.6 Å². The molecular weight excluding hydrogens is 302 g/mol. The van der Waals surface area contributed by atoms with Gasteiger partial charge < -0.3 is 4.74 Å². The lowest BCUT2D eigenvalue weighted by molar-refractivity contribution is -0.0504. The quantitative estimate of drug-likeness (QED) is 0.871. The van der Waals surface area contributed by atoms with Gasteiger partial charge in [-0.1, -0.05) is 11.6 Å². The zero-order chi connectivity index (χ0) is 14.6. The number of ether oxygens (including phenoxy) is 1. The number of nitrogens with zero attached hydrogens (tertiary/aromatic N) is 1. The highest BCUT2D eigenvalue weighted by molar-refractivity contribution is 7.87. The molecule has 0 aliphatic carbocycles. The number of hydrogen-bond donors (Lipinski definition) is 1. The molecule has 108 valence electrons. The van der Waals surface area contributed by atoms with Crippen LogP contribution >= 0.6 is 11.6 Å². The molecule has 0 bridgehead atoms. The molecule has 9 heteroatoms. The number of halogens is 3. The molecule has 0 fully saturated rings. The van der Waals surface area contributed by atoms with Gasteiger partial charge in [-0.2, -0.15) is 26.2 Å². The van der Waals surface area contributed by atoms with Gasteiger partial charge in [-0.3, -0.25) is 0 Å². The van der Waals surface area contributed by atoms with E-state index in [1.807, 2.05) is 0 Å². The van der Waals surface area contributed by atoms with Crippen molar-refractivity contribution in [2.24, 2.45) is 0 Å². The van der Waals surface area contributed by atoms with Crippen LogP contribution in [0.2, 0.25) is 5.02 Å². The number of benzene rings is 1. The number of hydrogen-bond acceptors (Lipinski definition) is 3. The minimum atomic E-state index is -3.66. The standard InChI is InChI=1S/C10H13ClF2N2O3S/c1-15(2)19(16,17)14-6-7-5-8(11)3-4-9(7)18-10(12)13/h3-5,10,14H,6H2,1-2H3. The summed E-state index contributed by atoms with van der Waals surface area (Å²) in [7, 11) is -0.969. The first kappa shape index (κ1) is 16.1. The Balaban J connectivity index is 2.90. The van der Waals surface area contributed by atoms with E-state index in [1.54, 1.807) is 0 Å². The second-order valence-electron chi connectivity index (χ2n) is 3.74. The van der Waals surface area contributed by atoms with E-state index in [0.29, 0.717) is 5.02 Å². The average molecular weight is 315 g/mol. The average Bonchev–Trinajstić information content (AvgIpc) is 2.28. The van der Waals surface area contributed by atoms with Crippen molar-refractivity contribution in [3.05, 3.63) is 28.8 Å². The lowest BCUT2D eigenvalue weighted by atomic mass is 10.2. The van der Waals surface area contributed by atoms with Crippen LogP contribution in [0.5, 0.6) is 5.75 Å². The van der Waals surface area contributed by atoms with Gasteiger partial charge in [0.2, 0.25) is 0 Å². The van der Waals surface area contributed by atoms with Crippen LogP contribution in [0, 0.1) is 0 Å². The maximum Gasteiger partial charge on any atom is 0.387 e. The third-order valence-electron chi connectivity index (χ3n) is 2.16. The highest BCUT2D eigenvalue weighted by Crippen LogP contribution is 2.24. The van der Waals surface area contributed by atoms with Crippen LogP contribution in [0.1, 0.15) is 5.56 Å². The van der Waals surface area contributed by atoms with Gasteiger partial charge in [0, 0.05) is 31.2 Å². The first-order valence-corrected chi connectivity index (χ1v) is 6.94. The third-order valence-corrected chi connectivity index (χ3v) is 3.87. The van der Waals surface area contributed by atoms with Crippen molar-refractivity contribution < 1.29 is 21.9 Å². The molecule has 0 radical (unpaired) electrons. The Morgan fingerprint density at radius 2 is 2.05 bits per heavy atom. The fourth-order valence-corrected chi connectivity index (χ4v) is 1.99. The van der Waals surface area contributed by atoms with E-state index in [4.69, 9.17) is 11.6 Å². The highest BCUT2D eigenvalue weighted by Gasteiger charge is 2.15. The second kappa shape index (κ2) is 6.47. The van der Waals surface area contributed by atoms with Gasteiger partial charge in [-0.25, -0.2) is 0 Å². The van der Waals surface area contributed by atoms with Crippen LogP contribution in [-0.4, -0.2) is 33.4 Å². The molecule has 1 rings (SSSR count). The minimum Gasteiger partial charge on any atom is -0.434 e. The van der Waals surface area contributed by atoms with E-state index < -0.39 is 16.8 Å². The molecule has 0 aromatic heterocycles. The van der Waals surface area contributed by atoms with E-state index in [1.165, 1.54) is 32.3 Å². The van der Waals surface area contributed by atoms with Gasteiger partial charge in [-0.05, 0) is 18.2 Å². The Hall–Kier alpha value is -0.960. The Morgan fingerprint density at radius 1 is 1.42 bits per heavy atom. The molecule has 0 unspecified atom stereocenters. The summed E-state index contributed by atoms with van der Waals surface area (Å²) in [6, 6.07) is 3.99. The van der Waals surface area contributed by atoms with Crippen molar-refractivity contribution in [1.29, 1.82) is 0 Å². The zero-order valence-electron chi connectivity index (χ0n) is 10.2. The molecule has 1 aromatic rings. The van der Waals surface area contributed by atoms with Crippen molar-refractivity contribution in [3.8, 4) is 5.75 Å². The van der Waals surface area contributed by atoms with E-state index in [9.17, 15) is 17.2 Å². The largest absolute Gasteiger partial charge is 0.434 e. The fourth-order valence-electron chi connectivity index (χ4n) is 1.20. The first-order chi connectivity index (χ1) is 8.72. The maximum atomic E-state index is 12.2. The highest BCUT2D eigenvalue weighted by atomic mass is 35.5. The Kier molecular flexibility index (Phi) is 5.48. The van der Waals surface area contributed by atoms with Crippen molar-refractivity contribution in [2.75, 3.05) is 14.1 Å². The van der Waals surface area contributed by atoms with Crippen molar-refractivity contribution >= 4 is 21.8 Å². The van der Waals surface area contributed by atoms with E-state index in [-0.39, 0.29) is 17.9 Å².